The first-order valence-corrected chi connectivity index (χ1v) is 4.74. The van der Waals surface area contributed by atoms with Gasteiger partial charge in [-0.2, -0.15) is 0 Å². The van der Waals surface area contributed by atoms with E-state index in [2.05, 4.69) is 6.58 Å². The highest BCUT2D eigenvalue weighted by molar-refractivity contribution is 5.07. The van der Waals surface area contributed by atoms with Gasteiger partial charge in [-0.1, -0.05) is 18.9 Å². The molecular weight excluding hydrogens is 152 g/mol. The van der Waals surface area contributed by atoms with Gasteiger partial charge >= 0.3 is 0 Å². The lowest BCUT2D eigenvalue weighted by atomic mass is 9.82. The second kappa shape index (κ2) is 2.86. The second-order valence-electron chi connectivity index (χ2n) is 3.72. The van der Waals surface area contributed by atoms with E-state index in [0.717, 1.165) is 12.8 Å². The molecule has 1 saturated heterocycles. The Labute approximate surface area is 73.5 Å². The van der Waals surface area contributed by atoms with Gasteiger partial charge in [-0.15, -0.1) is 6.58 Å². The summed E-state index contributed by atoms with van der Waals surface area (Å²) in [5.41, 5.74) is -0.155. The van der Waals surface area contributed by atoms with E-state index in [0.29, 0.717) is 0 Å². The van der Waals surface area contributed by atoms with E-state index in [1.54, 1.807) is 0 Å². The summed E-state index contributed by atoms with van der Waals surface area (Å²) in [6, 6.07) is 0. The highest BCUT2D eigenvalue weighted by Crippen LogP contribution is 2.41. The molecule has 2 nitrogen and oxygen atoms in total. The third kappa shape index (κ3) is 1.10. The Kier molecular flexibility index (Phi) is 1.97. The Morgan fingerprint density at radius 2 is 2.33 bits per heavy atom. The zero-order valence-electron chi connectivity index (χ0n) is 7.58. The van der Waals surface area contributed by atoms with E-state index >= 15 is 0 Å². The van der Waals surface area contributed by atoms with Crippen LogP contribution >= 0.6 is 0 Å². The van der Waals surface area contributed by atoms with Crippen LogP contribution < -0.4 is 0 Å². The molecule has 0 aromatic heterocycles. The molecule has 0 aromatic rings. The van der Waals surface area contributed by atoms with Crippen molar-refractivity contribution < 1.29 is 9.47 Å². The van der Waals surface area contributed by atoms with Crippen molar-refractivity contribution in [2.75, 3.05) is 0 Å². The molecule has 2 heteroatoms. The van der Waals surface area contributed by atoms with Crippen LogP contribution in [0, 0.1) is 0 Å². The van der Waals surface area contributed by atoms with Gasteiger partial charge in [0.15, 0.2) is 6.29 Å². The monoisotopic (exact) mass is 168 g/mol. The van der Waals surface area contributed by atoms with Crippen LogP contribution in [0.1, 0.15) is 32.6 Å². The minimum absolute atomic E-state index is 0.0499. The summed E-state index contributed by atoms with van der Waals surface area (Å²) in [6.07, 6.45) is 6.83. The summed E-state index contributed by atoms with van der Waals surface area (Å²) in [7, 11) is 0. The Hall–Kier alpha value is -0.340. The maximum atomic E-state index is 5.76. The molecule has 2 fully saturated rings. The molecular formula is C10H16O2. The molecule has 0 bridgehead atoms. The minimum atomic E-state index is -0.155. The molecule has 1 aliphatic carbocycles. The molecule has 2 rings (SSSR count). The van der Waals surface area contributed by atoms with E-state index in [9.17, 15) is 0 Å². The largest absolute Gasteiger partial charge is 0.346 e. The van der Waals surface area contributed by atoms with Gasteiger partial charge in [-0.25, -0.2) is 0 Å². The van der Waals surface area contributed by atoms with E-state index in [1.807, 2.05) is 13.0 Å². The molecule has 2 aliphatic rings. The van der Waals surface area contributed by atoms with E-state index in [1.165, 1.54) is 12.8 Å². The highest BCUT2D eigenvalue weighted by Gasteiger charge is 2.47. The molecule has 68 valence electrons. The quantitative estimate of drug-likeness (QED) is 0.559. The average Bonchev–Trinajstić information content (AvgIpc) is 2.41. The van der Waals surface area contributed by atoms with Crippen LogP contribution in [0.15, 0.2) is 12.7 Å². The van der Waals surface area contributed by atoms with Crippen LogP contribution in [0.5, 0.6) is 0 Å². The van der Waals surface area contributed by atoms with Crippen LogP contribution in [0.25, 0.3) is 0 Å². The topological polar surface area (TPSA) is 18.5 Å². The van der Waals surface area contributed by atoms with Crippen molar-refractivity contribution in [3.05, 3.63) is 12.7 Å². The fourth-order valence-electron chi connectivity index (χ4n) is 2.30. The Balaban J connectivity index is 2.19. The maximum Gasteiger partial charge on any atom is 0.156 e. The third-order valence-corrected chi connectivity index (χ3v) is 2.92. The summed E-state index contributed by atoms with van der Waals surface area (Å²) < 4.78 is 11.4. The fraction of sp³-hybridized carbons (Fsp3) is 0.800. The summed E-state index contributed by atoms with van der Waals surface area (Å²) in [5, 5.41) is 0. The lowest BCUT2D eigenvalue weighted by Crippen LogP contribution is -2.40. The molecule has 0 N–H and O–H groups in total. The molecule has 0 amide bonds. The van der Waals surface area contributed by atoms with Crippen LogP contribution in [0.4, 0.5) is 0 Å². The molecule has 1 aliphatic heterocycles. The minimum Gasteiger partial charge on any atom is -0.346 e. The van der Waals surface area contributed by atoms with Crippen molar-refractivity contribution in [3.8, 4) is 0 Å². The van der Waals surface area contributed by atoms with Crippen molar-refractivity contribution in [1.82, 2.24) is 0 Å². The van der Waals surface area contributed by atoms with Gasteiger partial charge in [0.25, 0.3) is 0 Å². The van der Waals surface area contributed by atoms with Crippen molar-refractivity contribution in [2.45, 2.75) is 50.6 Å². The van der Waals surface area contributed by atoms with Gasteiger partial charge in [-0.3, -0.25) is 0 Å². The van der Waals surface area contributed by atoms with E-state index in [-0.39, 0.29) is 18.0 Å². The smallest absolute Gasteiger partial charge is 0.156 e. The SMILES string of the molecule is C=C[C@]12CCCC[C@H]1OC(C)O2. The first-order valence-electron chi connectivity index (χ1n) is 4.74. The fourth-order valence-corrected chi connectivity index (χ4v) is 2.30. The summed E-state index contributed by atoms with van der Waals surface area (Å²) in [6.45, 7) is 5.81. The first kappa shape index (κ1) is 8.27. The van der Waals surface area contributed by atoms with E-state index in [4.69, 9.17) is 9.47 Å². The molecule has 1 saturated carbocycles. The molecule has 3 atom stereocenters. The van der Waals surface area contributed by atoms with Gasteiger partial charge in [0, 0.05) is 0 Å². The van der Waals surface area contributed by atoms with Crippen LogP contribution in [0.3, 0.4) is 0 Å². The Morgan fingerprint density at radius 3 is 3.00 bits per heavy atom. The lowest BCUT2D eigenvalue weighted by Gasteiger charge is -2.33. The normalized spacial score (nSPS) is 47.1. The van der Waals surface area contributed by atoms with E-state index < -0.39 is 0 Å². The number of rotatable bonds is 1. The predicted molar refractivity (Wildman–Crippen MR) is 46.8 cm³/mol. The second-order valence-corrected chi connectivity index (χ2v) is 3.72. The zero-order valence-corrected chi connectivity index (χ0v) is 7.58. The molecule has 12 heavy (non-hydrogen) atoms. The van der Waals surface area contributed by atoms with Crippen molar-refractivity contribution in [3.63, 3.8) is 0 Å². The van der Waals surface area contributed by atoms with Gasteiger partial charge in [0.05, 0.1) is 6.10 Å². The summed E-state index contributed by atoms with van der Waals surface area (Å²) >= 11 is 0. The first-order chi connectivity index (χ1) is 5.77. The Bertz CT molecular complexity index is 190. The summed E-state index contributed by atoms with van der Waals surface area (Å²) in [4.78, 5) is 0. The number of fused-ring (bicyclic) bond motifs is 1. The third-order valence-electron chi connectivity index (χ3n) is 2.92. The van der Waals surface area contributed by atoms with Crippen molar-refractivity contribution in [1.29, 1.82) is 0 Å². The maximum absolute atomic E-state index is 5.76. The Morgan fingerprint density at radius 1 is 1.50 bits per heavy atom. The van der Waals surface area contributed by atoms with Crippen LogP contribution in [-0.4, -0.2) is 18.0 Å². The summed E-state index contributed by atoms with van der Waals surface area (Å²) in [5.74, 6) is 0. The highest BCUT2D eigenvalue weighted by atomic mass is 16.7. The standard InChI is InChI=1S/C10H16O2/c1-3-10-7-5-4-6-9(10)11-8(2)12-10/h3,8-9H,1,4-7H2,2H3/t8?,9-,10+/m1/s1. The van der Waals surface area contributed by atoms with Crippen molar-refractivity contribution in [2.24, 2.45) is 0 Å². The van der Waals surface area contributed by atoms with Gasteiger partial charge in [0.2, 0.25) is 0 Å². The molecule has 1 unspecified atom stereocenters. The van der Waals surface area contributed by atoms with Crippen LogP contribution in [0.2, 0.25) is 0 Å². The lowest BCUT2D eigenvalue weighted by molar-refractivity contribution is -0.0640. The molecule has 0 radical (unpaired) electrons. The predicted octanol–water partition coefficient (Wildman–Crippen LogP) is 2.25. The number of hydrogen-bond acceptors (Lipinski definition) is 2. The van der Waals surface area contributed by atoms with Gasteiger partial charge in [0.1, 0.15) is 5.60 Å². The average molecular weight is 168 g/mol. The molecule has 1 heterocycles. The number of hydrogen-bond donors (Lipinski definition) is 0. The van der Waals surface area contributed by atoms with Crippen LogP contribution in [-0.2, 0) is 9.47 Å². The molecule has 0 aromatic carbocycles. The van der Waals surface area contributed by atoms with Gasteiger partial charge in [-0.05, 0) is 19.8 Å². The zero-order chi connectivity index (χ0) is 8.60. The van der Waals surface area contributed by atoms with Gasteiger partial charge < -0.3 is 9.47 Å². The molecule has 0 spiro atoms. The number of ether oxygens (including phenoxy) is 2. The van der Waals surface area contributed by atoms with Crippen molar-refractivity contribution >= 4 is 0 Å².